The fourth-order valence-corrected chi connectivity index (χ4v) is 3.51. The number of aryl methyl sites for hydroxylation is 1. The summed E-state index contributed by atoms with van der Waals surface area (Å²) in [5, 5.41) is 0. The molecule has 2 rings (SSSR count). The molecule has 0 fully saturated rings. The van der Waals surface area contributed by atoms with Crippen molar-refractivity contribution in [1.29, 1.82) is 0 Å². The minimum Gasteiger partial charge on any atom is -0.497 e. The summed E-state index contributed by atoms with van der Waals surface area (Å²) in [4.78, 5) is 40.2. The lowest BCUT2D eigenvalue weighted by atomic mass is 10.0. The van der Waals surface area contributed by atoms with Crippen LogP contribution in [0.3, 0.4) is 0 Å². The Morgan fingerprint density at radius 2 is 1.78 bits per heavy atom. The van der Waals surface area contributed by atoms with Crippen LogP contribution in [0.4, 0.5) is 0 Å². The maximum absolute atomic E-state index is 12.6. The normalized spacial score (nSPS) is 11.7. The number of benzene rings is 1. The summed E-state index contributed by atoms with van der Waals surface area (Å²) in [7, 11) is 1.59. The quantitative estimate of drug-likeness (QED) is 0.420. The molecule has 0 amide bonds. The minimum atomic E-state index is -0.939. The molecular formula is C20H23NO5S. The number of ketones is 2. The van der Waals surface area contributed by atoms with Crippen LogP contribution in [0.5, 0.6) is 5.75 Å². The number of carbonyl (C=O) groups is 3. The van der Waals surface area contributed by atoms with Crippen LogP contribution in [0.2, 0.25) is 0 Å². The number of nitrogens with one attached hydrogen (secondary N) is 1. The first-order chi connectivity index (χ1) is 12.7. The van der Waals surface area contributed by atoms with Crippen LogP contribution in [-0.4, -0.2) is 41.5 Å². The minimum absolute atomic E-state index is 0.0887. The summed E-state index contributed by atoms with van der Waals surface area (Å²) in [6.45, 7) is 6.43. The van der Waals surface area contributed by atoms with Crippen molar-refractivity contribution in [3.05, 3.63) is 46.8 Å². The molecule has 1 aromatic carbocycles. The van der Waals surface area contributed by atoms with Crippen LogP contribution < -0.4 is 4.74 Å². The molecule has 1 heterocycles. The highest BCUT2D eigenvalue weighted by atomic mass is 32.2. The number of ether oxygens (including phenoxy) is 2. The number of Topliss-reactive ketones (excluding diaryl/α,β-unsaturated/α-hetero) is 2. The van der Waals surface area contributed by atoms with Gasteiger partial charge in [0.25, 0.3) is 0 Å². The van der Waals surface area contributed by atoms with Crippen molar-refractivity contribution in [1.82, 2.24) is 4.98 Å². The monoisotopic (exact) mass is 389 g/mol. The van der Waals surface area contributed by atoms with E-state index in [4.69, 9.17) is 9.47 Å². The molecule has 6 nitrogen and oxygen atoms in total. The third-order valence-electron chi connectivity index (χ3n) is 4.13. The number of rotatable bonds is 8. The van der Waals surface area contributed by atoms with E-state index in [1.807, 2.05) is 24.3 Å². The number of aromatic nitrogens is 1. The SMILES string of the molecule is COc1ccc(SCC(=O)O[C@H](C)C(=O)c2[nH]c(C)c(C(C)=O)c2C)cc1. The lowest BCUT2D eigenvalue weighted by molar-refractivity contribution is -0.143. The van der Waals surface area contributed by atoms with E-state index in [1.165, 1.54) is 25.6 Å². The Kier molecular flexibility index (Phi) is 6.85. The summed E-state index contributed by atoms with van der Waals surface area (Å²) in [6.07, 6.45) is -0.939. The van der Waals surface area contributed by atoms with Crippen LogP contribution in [-0.2, 0) is 9.53 Å². The van der Waals surface area contributed by atoms with E-state index in [0.29, 0.717) is 22.5 Å². The van der Waals surface area contributed by atoms with Crippen molar-refractivity contribution >= 4 is 29.3 Å². The molecule has 1 N–H and O–H groups in total. The summed E-state index contributed by atoms with van der Waals surface area (Å²) in [5.41, 5.74) is 2.03. The standard InChI is InChI=1S/C20H23NO5S/c1-11-18(13(3)22)12(2)21-19(11)20(24)14(4)26-17(23)10-27-16-8-6-15(25-5)7-9-16/h6-9,14,21H,10H2,1-5H3/t14-/m1/s1. The number of methoxy groups -OCH3 is 1. The molecule has 0 bridgehead atoms. The zero-order chi connectivity index (χ0) is 20.1. The van der Waals surface area contributed by atoms with Gasteiger partial charge < -0.3 is 14.5 Å². The molecule has 0 unspecified atom stereocenters. The first kappa shape index (κ1) is 20.8. The lowest BCUT2D eigenvalue weighted by Gasteiger charge is -2.12. The maximum Gasteiger partial charge on any atom is 0.316 e. The van der Waals surface area contributed by atoms with Gasteiger partial charge in [-0.15, -0.1) is 11.8 Å². The number of carbonyl (C=O) groups excluding carboxylic acids is 3. The van der Waals surface area contributed by atoms with E-state index in [2.05, 4.69) is 4.98 Å². The number of H-pyrrole nitrogens is 1. The first-order valence-electron chi connectivity index (χ1n) is 8.45. The summed E-state index contributed by atoms with van der Waals surface area (Å²) in [6, 6.07) is 7.31. The largest absolute Gasteiger partial charge is 0.497 e. The van der Waals surface area contributed by atoms with Gasteiger partial charge in [0.05, 0.1) is 18.6 Å². The number of aromatic amines is 1. The van der Waals surface area contributed by atoms with Gasteiger partial charge in [-0.1, -0.05) is 0 Å². The first-order valence-corrected chi connectivity index (χ1v) is 9.43. The van der Waals surface area contributed by atoms with Crippen molar-refractivity contribution in [3.63, 3.8) is 0 Å². The van der Waals surface area contributed by atoms with Crippen LogP contribution >= 0.6 is 11.8 Å². The summed E-state index contributed by atoms with van der Waals surface area (Å²) >= 11 is 1.32. The van der Waals surface area contributed by atoms with Gasteiger partial charge in [0, 0.05) is 16.2 Å². The number of hydrogen-bond acceptors (Lipinski definition) is 6. The van der Waals surface area contributed by atoms with Gasteiger partial charge >= 0.3 is 5.97 Å². The van der Waals surface area contributed by atoms with Crippen LogP contribution in [0.1, 0.15) is 46.0 Å². The van der Waals surface area contributed by atoms with Crippen molar-refractivity contribution in [2.24, 2.45) is 0 Å². The highest BCUT2D eigenvalue weighted by Crippen LogP contribution is 2.23. The molecule has 0 radical (unpaired) electrons. The Hall–Kier alpha value is -2.54. The van der Waals surface area contributed by atoms with Crippen molar-refractivity contribution in [2.45, 2.75) is 38.7 Å². The molecule has 1 aromatic heterocycles. The third-order valence-corrected chi connectivity index (χ3v) is 5.12. The van der Waals surface area contributed by atoms with Crippen molar-refractivity contribution < 1.29 is 23.9 Å². The van der Waals surface area contributed by atoms with Gasteiger partial charge in [0.15, 0.2) is 11.9 Å². The average molecular weight is 389 g/mol. The Bertz CT molecular complexity index is 854. The predicted octanol–water partition coefficient (Wildman–Crippen LogP) is 3.75. The molecule has 0 aliphatic heterocycles. The van der Waals surface area contributed by atoms with Crippen LogP contribution in [0.15, 0.2) is 29.2 Å². The molecule has 1 atom stereocenters. The Balaban J connectivity index is 1.96. The predicted molar refractivity (Wildman–Crippen MR) is 104 cm³/mol. The number of hydrogen-bond donors (Lipinski definition) is 1. The van der Waals surface area contributed by atoms with E-state index >= 15 is 0 Å². The van der Waals surface area contributed by atoms with Gasteiger partial charge in [-0.05, 0) is 57.5 Å². The fourth-order valence-electron chi connectivity index (χ4n) is 2.83. The molecule has 27 heavy (non-hydrogen) atoms. The second-order valence-corrected chi connectivity index (χ2v) is 7.19. The van der Waals surface area contributed by atoms with Gasteiger partial charge in [-0.25, -0.2) is 0 Å². The van der Waals surface area contributed by atoms with Crippen molar-refractivity contribution in [2.75, 3.05) is 12.9 Å². The second-order valence-electron chi connectivity index (χ2n) is 6.14. The molecule has 0 saturated carbocycles. The average Bonchev–Trinajstić information content (AvgIpc) is 2.94. The van der Waals surface area contributed by atoms with Crippen LogP contribution in [0.25, 0.3) is 0 Å². The molecular weight excluding hydrogens is 366 g/mol. The highest BCUT2D eigenvalue weighted by Gasteiger charge is 2.25. The second kappa shape index (κ2) is 8.90. The summed E-state index contributed by atoms with van der Waals surface area (Å²) < 4.78 is 10.3. The number of esters is 1. The van der Waals surface area contributed by atoms with E-state index in [1.54, 1.807) is 21.0 Å². The van der Waals surface area contributed by atoms with E-state index in [0.717, 1.165) is 10.6 Å². The Morgan fingerprint density at radius 1 is 1.15 bits per heavy atom. The molecule has 0 aliphatic carbocycles. The fraction of sp³-hybridized carbons (Fsp3) is 0.350. The molecule has 7 heteroatoms. The van der Waals surface area contributed by atoms with Gasteiger partial charge in [-0.3, -0.25) is 14.4 Å². The molecule has 144 valence electrons. The smallest absolute Gasteiger partial charge is 0.316 e. The maximum atomic E-state index is 12.6. The number of thioether (sulfide) groups is 1. The van der Waals surface area contributed by atoms with Gasteiger partial charge in [0.2, 0.25) is 5.78 Å². The zero-order valence-electron chi connectivity index (χ0n) is 16.0. The third kappa shape index (κ3) is 5.01. The molecule has 2 aromatic rings. The summed E-state index contributed by atoms with van der Waals surface area (Å²) in [5.74, 6) is -0.121. The topological polar surface area (TPSA) is 85.5 Å². The van der Waals surface area contributed by atoms with Crippen molar-refractivity contribution in [3.8, 4) is 5.75 Å². The molecule has 0 aliphatic rings. The highest BCUT2D eigenvalue weighted by molar-refractivity contribution is 8.00. The van der Waals surface area contributed by atoms with Crippen LogP contribution in [0, 0.1) is 13.8 Å². The molecule has 0 spiro atoms. The van der Waals surface area contributed by atoms with Gasteiger partial charge in [-0.2, -0.15) is 0 Å². The lowest BCUT2D eigenvalue weighted by Crippen LogP contribution is -2.26. The Labute approximate surface area is 162 Å². The van der Waals surface area contributed by atoms with E-state index in [-0.39, 0.29) is 17.3 Å². The zero-order valence-corrected chi connectivity index (χ0v) is 16.9. The van der Waals surface area contributed by atoms with E-state index < -0.39 is 12.1 Å². The Morgan fingerprint density at radius 3 is 2.30 bits per heavy atom. The van der Waals surface area contributed by atoms with E-state index in [9.17, 15) is 14.4 Å². The van der Waals surface area contributed by atoms with Gasteiger partial charge in [0.1, 0.15) is 5.75 Å². The molecule has 0 saturated heterocycles.